The zero-order valence-electron chi connectivity index (χ0n) is 12.2. The predicted molar refractivity (Wildman–Crippen MR) is 92.9 cm³/mol. The molecule has 1 N–H and O–H groups in total. The molecule has 4 nitrogen and oxygen atoms in total. The largest absolute Gasteiger partial charge is 0.241 e. The van der Waals surface area contributed by atoms with Gasteiger partial charge in [-0.25, -0.2) is 18.1 Å². The maximum atomic E-state index is 11.7. The summed E-state index contributed by atoms with van der Waals surface area (Å²) in [4.78, 5) is 4.51. The van der Waals surface area contributed by atoms with Crippen LogP contribution in [0.2, 0.25) is 5.02 Å². The number of halogens is 1. The normalized spacial score (nSPS) is 11.5. The van der Waals surface area contributed by atoms with E-state index in [4.69, 9.17) is 11.6 Å². The molecule has 7 heteroatoms. The number of aromatic nitrogens is 1. The first-order chi connectivity index (χ1) is 10.4. The van der Waals surface area contributed by atoms with Crippen LogP contribution in [0.3, 0.4) is 0 Å². The fraction of sp³-hybridized carbons (Fsp3) is 0.267. The van der Waals surface area contributed by atoms with Crippen LogP contribution in [0.4, 0.5) is 0 Å². The van der Waals surface area contributed by atoms with Gasteiger partial charge in [0.2, 0.25) is 10.0 Å². The third-order valence-electron chi connectivity index (χ3n) is 2.79. The maximum Gasteiger partial charge on any atom is 0.215 e. The SMILES string of the molecule is C=C(C)CS(=O)(=O)NCCc1nc(-c2ccc(Cl)cc2)cs1. The zero-order valence-corrected chi connectivity index (χ0v) is 14.6. The lowest BCUT2D eigenvalue weighted by Gasteiger charge is -2.04. The molecule has 1 heterocycles. The summed E-state index contributed by atoms with van der Waals surface area (Å²) in [5.41, 5.74) is 2.49. The Bertz CT molecular complexity index is 752. The topological polar surface area (TPSA) is 59.1 Å². The van der Waals surface area contributed by atoms with E-state index in [1.807, 2.05) is 29.6 Å². The molecule has 0 spiro atoms. The Morgan fingerprint density at radius 1 is 1.36 bits per heavy atom. The molecule has 0 saturated carbocycles. The van der Waals surface area contributed by atoms with Crippen molar-refractivity contribution >= 4 is 33.0 Å². The Balaban J connectivity index is 1.93. The van der Waals surface area contributed by atoms with Gasteiger partial charge in [0, 0.05) is 28.9 Å². The van der Waals surface area contributed by atoms with E-state index in [2.05, 4.69) is 16.3 Å². The van der Waals surface area contributed by atoms with Gasteiger partial charge in [0.1, 0.15) is 0 Å². The third kappa shape index (κ3) is 5.21. The summed E-state index contributed by atoms with van der Waals surface area (Å²) in [7, 11) is -3.29. The van der Waals surface area contributed by atoms with Crippen molar-refractivity contribution in [2.45, 2.75) is 13.3 Å². The van der Waals surface area contributed by atoms with Crippen LogP contribution in [0.15, 0.2) is 41.8 Å². The molecule has 2 aromatic rings. The highest BCUT2D eigenvalue weighted by Crippen LogP contribution is 2.23. The van der Waals surface area contributed by atoms with Crippen LogP contribution in [-0.4, -0.2) is 25.7 Å². The summed E-state index contributed by atoms with van der Waals surface area (Å²) in [6, 6.07) is 7.47. The quantitative estimate of drug-likeness (QED) is 0.772. The fourth-order valence-electron chi connectivity index (χ4n) is 1.87. The highest BCUT2D eigenvalue weighted by molar-refractivity contribution is 7.89. The van der Waals surface area contributed by atoms with Crippen molar-refractivity contribution in [3.05, 3.63) is 51.8 Å². The van der Waals surface area contributed by atoms with Gasteiger partial charge in [0.15, 0.2) is 0 Å². The predicted octanol–water partition coefficient (Wildman–Crippen LogP) is 3.50. The van der Waals surface area contributed by atoms with Gasteiger partial charge >= 0.3 is 0 Å². The number of hydrogen-bond acceptors (Lipinski definition) is 4. The minimum atomic E-state index is -3.29. The van der Waals surface area contributed by atoms with Gasteiger partial charge in [-0.2, -0.15) is 0 Å². The average molecular weight is 357 g/mol. The van der Waals surface area contributed by atoms with Crippen LogP contribution in [-0.2, 0) is 16.4 Å². The van der Waals surface area contributed by atoms with Gasteiger partial charge in [-0.1, -0.05) is 35.9 Å². The van der Waals surface area contributed by atoms with E-state index in [1.54, 1.807) is 6.92 Å². The molecule has 1 aromatic carbocycles. The number of benzene rings is 1. The lowest BCUT2D eigenvalue weighted by Crippen LogP contribution is -2.28. The summed E-state index contributed by atoms with van der Waals surface area (Å²) in [5, 5.41) is 3.54. The highest BCUT2D eigenvalue weighted by Gasteiger charge is 2.10. The van der Waals surface area contributed by atoms with E-state index in [9.17, 15) is 8.42 Å². The third-order valence-corrected chi connectivity index (χ3v) is 5.47. The van der Waals surface area contributed by atoms with Crippen molar-refractivity contribution in [1.82, 2.24) is 9.71 Å². The molecule has 0 atom stereocenters. The van der Waals surface area contributed by atoms with Gasteiger partial charge < -0.3 is 0 Å². The number of hydrogen-bond donors (Lipinski definition) is 1. The van der Waals surface area contributed by atoms with Crippen LogP contribution in [0.25, 0.3) is 11.3 Å². The maximum absolute atomic E-state index is 11.7. The molecule has 1 aromatic heterocycles. The van der Waals surface area contributed by atoms with Crippen molar-refractivity contribution in [3.63, 3.8) is 0 Å². The van der Waals surface area contributed by atoms with Gasteiger partial charge in [0.25, 0.3) is 0 Å². The van der Waals surface area contributed by atoms with E-state index in [0.29, 0.717) is 23.6 Å². The van der Waals surface area contributed by atoms with E-state index >= 15 is 0 Å². The minimum absolute atomic E-state index is 0.0408. The summed E-state index contributed by atoms with van der Waals surface area (Å²) in [6.07, 6.45) is 0.563. The van der Waals surface area contributed by atoms with Gasteiger partial charge in [-0.05, 0) is 19.1 Å². The molecule has 22 heavy (non-hydrogen) atoms. The van der Waals surface area contributed by atoms with Crippen molar-refractivity contribution < 1.29 is 8.42 Å². The van der Waals surface area contributed by atoms with Crippen LogP contribution in [0.1, 0.15) is 11.9 Å². The van der Waals surface area contributed by atoms with Crippen molar-refractivity contribution in [2.75, 3.05) is 12.3 Å². The smallest absolute Gasteiger partial charge is 0.215 e. The molecule has 0 amide bonds. The monoisotopic (exact) mass is 356 g/mol. The van der Waals surface area contributed by atoms with E-state index in [-0.39, 0.29) is 5.75 Å². The summed E-state index contributed by atoms with van der Waals surface area (Å²) in [6.45, 7) is 5.64. The Morgan fingerprint density at radius 2 is 2.05 bits per heavy atom. The molecule has 118 valence electrons. The second-order valence-corrected chi connectivity index (χ2v) is 8.18. The first kappa shape index (κ1) is 17.1. The minimum Gasteiger partial charge on any atom is -0.241 e. The van der Waals surface area contributed by atoms with Crippen LogP contribution in [0.5, 0.6) is 0 Å². The van der Waals surface area contributed by atoms with Gasteiger partial charge in [-0.3, -0.25) is 0 Å². The summed E-state index contributed by atoms with van der Waals surface area (Å²) in [5.74, 6) is -0.0408. The lowest BCUT2D eigenvalue weighted by atomic mass is 10.2. The lowest BCUT2D eigenvalue weighted by molar-refractivity contribution is 0.584. The number of sulfonamides is 1. The molecule has 0 aliphatic carbocycles. The van der Waals surface area contributed by atoms with E-state index in [0.717, 1.165) is 16.3 Å². The van der Waals surface area contributed by atoms with Crippen molar-refractivity contribution in [1.29, 1.82) is 0 Å². The Morgan fingerprint density at radius 3 is 2.68 bits per heavy atom. The first-order valence-corrected chi connectivity index (χ1v) is 9.59. The molecule has 0 unspecified atom stereocenters. The van der Waals surface area contributed by atoms with Crippen LogP contribution in [0, 0.1) is 0 Å². The van der Waals surface area contributed by atoms with Gasteiger partial charge in [0.05, 0.1) is 16.5 Å². The van der Waals surface area contributed by atoms with Gasteiger partial charge in [-0.15, -0.1) is 11.3 Å². The first-order valence-electron chi connectivity index (χ1n) is 6.68. The number of thiazole rings is 1. The van der Waals surface area contributed by atoms with Crippen LogP contribution < -0.4 is 4.72 Å². The second-order valence-electron chi connectivity index (χ2n) is 4.99. The molecular formula is C15H17ClN2O2S2. The Hall–Kier alpha value is -1.21. The fourth-order valence-corrected chi connectivity index (χ4v) is 3.97. The second kappa shape index (κ2) is 7.37. The molecule has 0 fully saturated rings. The standard InChI is InChI=1S/C15H17ClN2O2S2/c1-11(2)10-22(19,20)17-8-7-15-18-14(9-21-15)12-3-5-13(16)6-4-12/h3-6,9,17H,1,7-8,10H2,2H3. The summed E-state index contributed by atoms with van der Waals surface area (Å²) < 4.78 is 25.9. The Kier molecular flexibility index (Phi) is 5.74. The molecule has 0 bridgehead atoms. The van der Waals surface area contributed by atoms with E-state index < -0.39 is 10.0 Å². The summed E-state index contributed by atoms with van der Waals surface area (Å²) >= 11 is 7.38. The molecular weight excluding hydrogens is 340 g/mol. The van der Waals surface area contributed by atoms with Crippen molar-refractivity contribution in [3.8, 4) is 11.3 Å². The average Bonchev–Trinajstić information content (AvgIpc) is 2.86. The number of rotatable bonds is 7. The molecule has 0 aliphatic heterocycles. The number of nitrogens with one attached hydrogen (secondary N) is 1. The van der Waals surface area contributed by atoms with Crippen molar-refractivity contribution in [2.24, 2.45) is 0 Å². The molecule has 2 rings (SSSR count). The number of nitrogens with zero attached hydrogens (tertiary/aromatic N) is 1. The molecule has 0 radical (unpaired) electrons. The van der Waals surface area contributed by atoms with E-state index in [1.165, 1.54) is 11.3 Å². The highest BCUT2D eigenvalue weighted by atomic mass is 35.5. The zero-order chi connectivity index (χ0) is 16.2. The molecule has 0 aliphatic rings. The van der Waals surface area contributed by atoms with Crippen LogP contribution >= 0.6 is 22.9 Å². The molecule has 0 saturated heterocycles. The Labute approximate surface area is 139 Å².